The van der Waals surface area contributed by atoms with Gasteiger partial charge in [0.05, 0.1) is 35.5 Å². The summed E-state index contributed by atoms with van der Waals surface area (Å²) in [6.07, 6.45) is 4.16. The molecule has 2 bridgehead atoms. The molecule has 14 heteroatoms. The normalized spacial score (nSPS) is 26.5. The number of methoxy groups -OCH3 is 1. The van der Waals surface area contributed by atoms with Crippen molar-refractivity contribution in [1.82, 2.24) is 5.32 Å². The molecule has 44 heavy (non-hydrogen) atoms. The molecule has 238 valence electrons. The van der Waals surface area contributed by atoms with Gasteiger partial charge in [0.2, 0.25) is 5.91 Å². The number of carboxylic acid groups (broad SMARTS) is 1. The Morgan fingerprint density at radius 2 is 1.66 bits per heavy atom. The number of amides is 2. The van der Waals surface area contributed by atoms with Crippen LogP contribution in [-0.4, -0.2) is 56.1 Å². The molecule has 4 atom stereocenters. The molecule has 0 saturated heterocycles. The zero-order valence-corrected chi connectivity index (χ0v) is 24.6. The molecular formula is C30H33F3N2O8S. The highest BCUT2D eigenvalue weighted by Gasteiger charge is 2.52. The highest BCUT2D eigenvalue weighted by molar-refractivity contribution is 7.92. The van der Waals surface area contributed by atoms with E-state index in [-0.39, 0.29) is 34.9 Å². The number of hydrogen-bond donors (Lipinski definition) is 3. The van der Waals surface area contributed by atoms with E-state index in [1.54, 1.807) is 18.2 Å². The summed E-state index contributed by atoms with van der Waals surface area (Å²) in [5.74, 6) is -2.26. The Labute approximate surface area is 252 Å². The molecular weight excluding hydrogens is 605 g/mol. The number of aliphatic carboxylic acids is 1. The molecule has 2 amide bonds. The number of halogens is 3. The predicted molar refractivity (Wildman–Crippen MR) is 151 cm³/mol. The van der Waals surface area contributed by atoms with Crippen LogP contribution < -0.4 is 20.1 Å². The highest BCUT2D eigenvalue weighted by Crippen LogP contribution is 2.49. The maximum absolute atomic E-state index is 13.6. The molecule has 0 radical (unpaired) electrons. The number of ether oxygens (including phenoxy) is 2. The van der Waals surface area contributed by atoms with Gasteiger partial charge in [-0.15, -0.1) is 0 Å². The fourth-order valence-corrected chi connectivity index (χ4v) is 7.57. The van der Waals surface area contributed by atoms with Gasteiger partial charge in [-0.3, -0.25) is 14.4 Å². The molecule has 10 nitrogen and oxygen atoms in total. The average molecular weight is 639 g/mol. The molecule has 0 unspecified atom stereocenters. The maximum atomic E-state index is 13.6. The van der Waals surface area contributed by atoms with Crippen molar-refractivity contribution in [2.24, 2.45) is 23.7 Å². The first kappa shape index (κ1) is 31.6. The molecule has 5 rings (SSSR count). The van der Waals surface area contributed by atoms with Crippen LogP contribution in [0.1, 0.15) is 55.3 Å². The first-order chi connectivity index (χ1) is 20.8. The summed E-state index contributed by atoms with van der Waals surface area (Å²) in [7, 11) is -4.18. The number of anilines is 1. The third kappa shape index (κ3) is 6.35. The van der Waals surface area contributed by atoms with Crippen LogP contribution in [0.3, 0.4) is 0 Å². The van der Waals surface area contributed by atoms with Crippen molar-refractivity contribution >= 4 is 33.3 Å². The van der Waals surface area contributed by atoms with E-state index in [2.05, 4.69) is 10.6 Å². The summed E-state index contributed by atoms with van der Waals surface area (Å²) in [6.45, 7) is 0. The van der Waals surface area contributed by atoms with Crippen molar-refractivity contribution < 1.29 is 50.6 Å². The third-order valence-electron chi connectivity index (χ3n) is 8.98. The zero-order valence-electron chi connectivity index (χ0n) is 23.8. The number of benzene rings is 2. The zero-order chi connectivity index (χ0) is 31.8. The average Bonchev–Trinajstić information content (AvgIpc) is 3.59. The van der Waals surface area contributed by atoms with Gasteiger partial charge in [-0.2, -0.15) is 13.2 Å². The molecule has 3 N–H and O–H groups in total. The van der Waals surface area contributed by atoms with E-state index >= 15 is 0 Å². The first-order valence-corrected chi connectivity index (χ1v) is 15.9. The topological polar surface area (TPSA) is 148 Å². The Bertz CT molecular complexity index is 1540. The lowest BCUT2D eigenvalue weighted by molar-refractivity contribution is -0.143. The Hall–Kier alpha value is -3.81. The SMILES string of the molecule is COc1ccc(O[C@H]2CC[C@@H](C(=O)O)CC2)cc1C(=O)N[C@@H]1[C@H]2CC[C@H](C2)[C@@H]1C(=O)Nc1cccc(S(=O)(=O)C(F)(F)F)c1. The Morgan fingerprint density at radius 3 is 2.32 bits per heavy atom. The van der Waals surface area contributed by atoms with Gasteiger partial charge < -0.3 is 25.2 Å². The van der Waals surface area contributed by atoms with Gasteiger partial charge in [0.15, 0.2) is 0 Å². The van der Waals surface area contributed by atoms with Gasteiger partial charge in [0, 0.05) is 11.7 Å². The number of nitrogens with one attached hydrogen (secondary N) is 2. The fourth-order valence-electron chi connectivity index (χ4n) is 6.76. The van der Waals surface area contributed by atoms with Crippen LogP contribution in [0.5, 0.6) is 11.5 Å². The second-order valence-electron chi connectivity index (χ2n) is 11.6. The first-order valence-electron chi connectivity index (χ1n) is 14.4. The maximum Gasteiger partial charge on any atom is 0.501 e. The minimum Gasteiger partial charge on any atom is -0.496 e. The van der Waals surface area contributed by atoms with E-state index in [1.165, 1.54) is 13.2 Å². The number of carboxylic acids is 1. The summed E-state index contributed by atoms with van der Waals surface area (Å²) >= 11 is 0. The van der Waals surface area contributed by atoms with Gasteiger partial charge in [0.25, 0.3) is 15.7 Å². The van der Waals surface area contributed by atoms with E-state index in [1.807, 2.05) is 0 Å². The summed E-state index contributed by atoms with van der Waals surface area (Å²) in [5, 5.41) is 14.8. The van der Waals surface area contributed by atoms with Crippen LogP contribution in [0, 0.1) is 23.7 Å². The van der Waals surface area contributed by atoms with Crippen molar-refractivity contribution in [3.63, 3.8) is 0 Å². The van der Waals surface area contributed by atoms with Crippen molar-refractivity contribution in [2.45, 2.75) is 67.5 Å². The molecule has 0 aliphatic heterocycles. The number of hydrogen-bond acceptors (Lipinski definition) is 7. The van der Waals surface area contributed by atoms with Gasteiger partial charge in [0.1, 0.15) is 11.5 Å². The van der Waals surface area contributed by atoms with Gasteiger partial charge in [-0.25, -0.2) is 8.42 Å². The van der Waals surface area contributed by atoms with Crippen molar-refractivity contribution in [2.75, 3.05) is 12.4 Å². The van der Waals surface area contributed by atoms with Crippen LogP contribution >= 0.6 is 0 Å². The number of carbonyl (C=O) groups excluding carboxylic acids is 2. The third-order valence-corrected chi connectivity index (χ3v) is 10.5. The molecule has 2 aromatic carbocycles. The van der Waals surface area contributed by atoms with Gasteiger partial charge in [-0.05, 0) is 93.2 Å². The minimum atomic E-state index is -5.60. The molecule has 0 aromatic heterocycles. The summed E-state index contributed by atoms with van der Waals surface area (Å²) < 4.78 is 74.4. The van der Waals surface area contributed by atoms with Gasteiger partial charge in [-0.1, -0.05) is 6.07 Å². The lowest BCUT2D eigenvalue weighted by Gasteiger charge is -2.31. The second kappa shape index (κ2) is 12.3. The lowest BCUT2D eigenvalue weighted by atomic mass is 9.83. The number of sulfone groups is 1. The highest BCUT2D eigenvalue weighted by atomic mass is 32.2. The molecule has 0 spiro atoms. The smallest absolute Gasteiger partial charge is 0.496 e. The van der Waals surface area contributed by atoms with Crippen molar-refractivity contribution in [1.29, 1.82) is 0 Å². The number of alkyl halides is 3. The summed E-state index contributed by atoms with van der Waals surface area (Å²) in [4.78, 5) is 37.3. The summed E-state index contributed by atoms with van der Waals surface area (Å²) in [5.41, 5.74) is -5.40. The van der Waals surface area contributed by atoms with Gasteiger partial charge >= 0.3 is 11.5 Å². The standard InChI is InChI=1S/C30H33F3N2O8S/c1-42-24-12-11-21(43-20-9-7-16(8-10-20)29(38)39)15-23(24)27(36)35-26-18-6-5-17(13-18)25(26)28(37)34-19-3-2-4-22(14-19)44(40,41)30(31,32)33/h2-4,11-12,14-18,20,25-26H,5-10,13H2,1H3,(H,34,37)(H,35,36)(H,38,39)/t16-,17-,18+,20+,25+,26-/m1/s1. The van der Waals surface area contributed by atoms with E-state index in [9.17, 15) is 41.1 Å². The Kier molecular flexibility index (Phi) is 8.83. The predicted octanol–water partition coefficient (Wildman–Crippen LogP) is 4.79. The second-order valence-corrected chi connectivity index (χ2v) is 13.6. The number of rotatable bonds is 9. The van der Waals surface area contributed by atoms with Crippen LogP contribution in [0.25, 0.3) is 0 Å². The number of fused-ring (bicyclic) bond motifs is 2. The molecule has 0 heterocycles. The van der Waals surface area contributed by atoms with E-state index < -0.39 is 55.9 Å². The van der Waals surface area contributed by atoms with E-state index in [0.29, 0.717) is 37.9 Å². The molecule has 3 aliphatic carbocycles. The van der Waals surface area contributed by atoms with Crippen LogP contribution in [-0.2, 0) is 19.4 Å². The fraction of sp³-hybridized carbons (Fsp3) is 0.500. The summed E-state index contributed by atoms with van der Waals surface area (Å²) in [6, 6.07) is 8.25. The molecule has 2 aromatic rings. The minimum absolute atomic E-state index is 0.00601. The number of carbonyl (C=O) groups is 3. The van der Waals surface area contributed by atoms with E-state index in [4.69, 9.17) is 9.47 Å². The van der Waals surface area contributed by atoms with Crippen LogP contribution in [0.4, 0.5) is 18.9 Å². The molecule has 3 fully saturated rings. The lowest BCUT2D eigenvalue weighted by Crippen LogP contribution is -2.48. The molecule has 3 aliphatic rings. The van der Waals surface area contributed by atoms with Crippen molar-refractivity contribution in [3.05, 3.63) is 48.0 Å². The monoisotopic (exact) mass is 638 g/mol. The van der Waals surface area contributed by atoms with Crippen LogP contribution in [0.15, 0.2) is 47.4 Å². The Balaban J connectivity index is 1.30. The van der Waals surface area contributed by atoms with Crippen LogP contribution in [0.2, 0.25) is 0 Å². The van der Waals surface area contributed by atoms with E-state index in [0.717, 1.165) is 31.0 Å². The largest absolute Gasteiger partial charge is 0.501 e. The van der Waals surface area contributed by atoms with Crippen molar-refractivity contribution in [3.8, 4) is 11.5 Å². The Morgan fingerprint density at radius 1 is 0.955 bits per heavy atom. The molecule has 3 saturated carbocycles. The quantitative estimate of drug-likeness (QED) is 0.355.